The molecule has 0 fully saturated rings. The first-order chi connectivity index (χ1) is 13.9. The van der Waals surface area contributed by atoms with Crippen LogP contribution in [0.2, 0.25) is 0 Å². The summed E-state index contributed by atoms with van der Waals surface area (Å²) in [6.45, 7) is 14.0. The van der Waals surface area contributed by atoms with Gasteiger partial charge in [-0.2, -0.15) is 0 Å². The van der Waals surface area contributed by atoms with E-state index in [9.17, 15) is 5.11 Å². The number of para-hydroxylation sites is 1. The van der Waals surface area contributed by atoms with Crippen LogP contribution < -0.4 is 0 Å². The molecule has 0 saturated heterocycles. The predicted octanol–water partition coefficient (Wildman–Crippen LogP) is 4.36. The molecule has 0 radical (unpaired) electrons. The maximum atomic E-state index is 10.5. The summed E-state index contributed by atoms with van der Waals surface area (Å²) in [4.78, 5) is 19.9. The Morgan fingerprint density at radius 2 is 1.74 bits per heavy atom. The van der Waals surface area contributed by atoms with Gasteiger partial charge in [-0.25, -0.2) is 4.98 Å². The molecule has 9 heteroatoms. The number of hydrogen-bond acceptors (Lipinski definition) is 5. The summed E-state index contributed by atoms with van der Waals surface area (Å²) in [5.41, 5.74) is 9.73. The molecule has 0 unspecified atom stereocenters. The minimum absolute atomic E-state index is 0. The minimum Gasteiger partial charge on any atom is -0.483 e. The van der Waals surface area contributed by atoms with Gasteiger partial charge in [-0.1, -0.05) is 31.2 Å². The second kappa shape index (κ2) is 10.5. The molecule has 0 spiro atoms. The molecule has 1 aromatic carbocycles. The van der Waals surface area contributed by atoms with E-state index < -0.39 is 5.60 Å². The van der Waals surface area contributed by atoms with Gasteiger partial charge >= 0.3 is 0 Å². The normalized spacial score (nSPS) is 11.9. The molecule has 0 atom stereocenters. The van der Waals surface area contributed by atoms with E-state index in [2.05, 4.69) is 42.1 Å². The summed E-state index contributed by atoms with van der Waals surface area (Å²) in [5, 5.41) is 18.4. The van der Waals surface area contributed by atoms with Crippen molar-refractivity contribution in [2.24, 2.45) is 0 Å². The monoisotopic (exact) mass is 520 g/mol. The number of pyridine rings is 1. The number of rotatable bonds is 5. The summed E-state index contributed by atoms with van der Waals surface area (Å²) in [5.74, 6) is 1.04. The molecule has 0 amide bonds. The Bertz CT molecular complexity index is 1020. The van der Waals surface area contributed by atoms with Crippen LogP contribution in [0.4, 0.5) is 5.82 Å². The van der Waals surface area contributed by atoms with Crippen molar-refractivity contribution in [1.82, 2.24) is 19.4 Å². The zero-order chi connectivity index (χ0) is 22.7. The number of aliphatic hydroxyl groups is 1. The summed E-state index contributed by atoms with van der Waals surface area (Å²) < 4.78 is 2.08. The SMILES string of the molecule is CCN(Cc1nc2c([NH-])nc3ccccc3c2n1CC(C)(C)O)C(C)(C)C.O=CO.[Pd]. The molecule has 0 saturated carbocycles. The fourth-order valence-electron chi connectivity index (χ4n) is 3.55. The van der Waals surface area contributed by atoms with Crippen molar-refractivity contribution in [2.75, 3.05) is 6.54 Å². The number of imidazole rings is 1. The number of aromatic nitrogens is 3. The van der Waals surface area contributed by atoms with E-state index in [1.54, 1.807) is 13.8 Å². The molecule has 8 nitrogen and oxygen atoms in total. The third kappa shape index (κ3) is 6.47. The van der Waals surface area contributed by atoms with Gasteiger partial charge in [0.05, 0.1) is 29.7 Å². The Morgan fingerprint density at radius 3 is 2.26 bits per heavy atom. The number of hydrogen-bond donors (Lipinski definition) is 2. The Balaban J connectivity index is 0.00000113. The van der Waals surface area contributed by atoms with E-state index in [-0.39, 0.29) is 38.3 Å². The van der Waals surface area contributed by atoms with Gasteiger partial charge in [-0.05, 0) is 52.5 Å². The van der Waals surface area contributed by atoms with Crippen LogP contribution in [0.3, 0.4) is 0 Å². The van der Waals surface area contributed by atoms with Crippen LogP contribution in [0.25, 0.3) is 27.7 Å². The zero-order valence-electron chi connectivity index (χ0n) is 18.9. The summed E-state index contributed by atoms with van der Waals surface area (Å²) >= 11 is 0. The molecule has 0 bridgehead atoms. The minimum atomic E-state index is -0.895. The number of carboxylic acid groups (broad SMARTS) is 1. The van der Waals surface area contributed by atoms with E-state index in [1.165, 1.54) is 0 Å². The van der Waals surface area contributed by atoms with Gasteiger partial charge in [0, 0.05) is 31.3 Å². The molecule has 0 aliphatic rings. The van der Waals surface area contributed by atoms with Gasteiger partial charge in [0.15, 0.2) is 0 Å². The molecule has 3 N–H and O–H groups in total. The largest absolute Gasteiger partial charge is 0.483 e. The first-order valence-corrected chi connectivity index (χ1v) is 9.97. The van der Waals surface area contributed by atoms with E-state index in [4.69, 9.17) is 20.6 Å². The molecule has 0 aliphatic carbocycles. The second-order valence-electron chi connectivity index (χ2n) is 8.89. The Kier molecular flexibility index (Phi) is 9.15. The molecule has 3 aromatic rings. The van der Waals surface area contributed by atoms with Crippen LogP contribution in [-0.4, -0.2) is 53.8 Å². The fourth-order valence-corrected chi connectivity index (χ4v) is 3.55. The van der Waals surface area contributed by atoms with Gasteiger partial charge < -0.3 is 25.5 Å². The number of nitrogens with one attached hydrogen (secondary N) is 1. The van der Waals surface area contributed by atoms with Crippen molar-refractivity contribution < 1.29 is 35.4 Å². The van der Waals surface area contributed by atoms with Crippen LogP contribution in [0.5, 0.6) is 0 Å². The van der Waals surface area contributed by atoms with Crippen LogP contribution in [0.1, 0.15) is 47.4 Å². The predicted molar refractivity (Wildman–Crippen MR) is 120 cm³/mol. The van der Waals surface area contributed by atoms with E-state index in [0.29, 0.717) is 18.6 Å². The van der Waals surface area contributed by atoms with E-state index in [1.807, 2.05) is 24.3 Å². The van der Waals surface area contributed by atoms with Crippen molar-refractivity contribution in [2.45, 2.75) is 65.8 Å². The molecular formula is C22H32N5O3Pd-. The average molecular weight is 521 g/mol. The Hall–Kier alpha value is -2.05. The first-order valence-electron chi connectivity index (χ1n) is 9.97. The quantitative estimate of drug-likeness (QED) is 0.381. The Labute approximate surface area is 197 Å². The molecule has 2 heterocycles. The third-order valence-electron chi connectivity index (χ3n) is 4.87. The molecule has 0 aliphatic heterocycles. The zero-order valence-corrected chi connectivity index (χ0v) is 20.5. The van der Waals surface area contributed by atoms with Gasteiger partial charge in [0.2, 0.25) is 0 Å². The fraction of sp³-hybridized carbons (Fsp3) is 0.500. The summed E-state index contributed by atoms with van der Waals surface area (Å²) in [7, 11) is 0. The van der Waals surface area contributed by atoms with Crippen molar-refractivity contribution in [1.29, 1.82) is 0 Å². The smallest absolute Gasteiger partial charge is 0.290 e. The summed E-state index contributed by atoms with van der Waals surface area (Å²) in [6, 6.07) is 7.83. The second-order valence-corrected chi connectivity index (χ2v) is 8.89. The number of benzene rings is 1. The van der Waals surface area contributed by atoms with Gasteiger partial charge in [-0.15, -0.1) is 0 Å². The molecule has 31 heavy (non-hydrogen) atoms. The standard InChI is InChI=1S/C21H30N5O.CH2O2.Pd/c1-7-25(20(2,3)4)12-16-24-17-18(26(16)13-21(5,6)27)14-10-8-9-11-15(14)23-19(17)22;2-1-3;/h8-11,27H,7,12-13H2,1-6H3,(H-,22,23);1H,(H,2,3);/q-1;;. The Morgan fingerprint density at radius 1 is 1.16 bits per heavy atom. The average Bonchev–Trinajstić information content (AvgIpc) is 2.97. The molecule has 2 aromatic heterocycles. The number of fused-ring (bicyclic) bond motifs is 3. The van der Waals surface area contributed by atoms with Crippen molar-refractivity contribution in [3.63, 3.8) is 0 Å². The van der Waals surface area contributed by atoms with Crippen molar-refractivity contribution in [3.8, 4) is 0 Å². The van der Waals surface area contributed by atoms with Crippen LogP contribution in [0.15, 0.2) is 24.3 Å². The maximum absolute atomic E-state index is 10.5. The van der Waals surface area contributed by atoms with Gasteiger partial charge in [-0.3, -0.25) is 9.69 Å². The van der Waals surface area contributed by atoms with Crippen LogP contribution in [-0.2, 0) is 38.3 Å². The first kappa shape index (κ1) is 27.0. The topological polar surface area (TPSA) is 115 Å². The van der Waals surface area contributed by atoms with Crippen LogP contribution in [0, 0.1) is 0 Å². The summed E-state index contributed by atoms with van der Waals surface area (Å²) in [6.07, 6.45) is 0. The number of carbonyl (C=O) groups is 1. The third-order valence-corrected chi connectivity index (χ3v) is 4.87. The molecular weight excluding hydrogens is 489 g/mol. The van der Waals surface area contributed by atoms with Crippen molar-refractivity contribution >= 4 is 34.2 Å². The van der Waals surface area contributed by atoms with E-state index >= 15 is 0 Å². The van der Waals surface area contributed by atoms with Crippen molar-refractivity contribution in [3.05, 3.63) is 35.8 Å². The maximum Gasteiger partial charge on any atom is 0.290 e. The molecule has 174 valence electrons. The van der Waals surface area contributed by atoms with E-state index in [0.717, 1.165) is 28.8 Å². The van der Waals surface area contributed by atoms with Crippen LogP contribution >= 0.6 is 0 Å². The van der Waals surface area contributed by atoms with Gasteiger partial charge in [0.1, 0.15) is 5.82 Å². The van der Waals surface area contributed by atoms with Gasteiger partial charge in [0.25, 0.3) is 6.47 Å². The number of nitrogens with zero attached hydrogens (tertiary/aromatic N) is 4. The molecule has 3 rings (SSSR count).